The molecule has 1 aromatic rings. The summed E-state index contributed by atoms with van der Waals surface area (Å²) in [5.74, 6) is -0.304. The Balaban J connectivity index is 1.95. The topological polar surface area (TPSA) is 55.4 Å². The number of rotatable bonds is 4. The van der Waals surface area contributed by atoms with Crippen LogP contribution in [0.5, 0.6) is 0 Å². The fourth-order valence-corrected chi connectivity index (χ4v) is 3.43. The minimum Gasteiger partial charge on any atom is -0.465 e. The number of carbonyl (C=O) groups excluding carboxylic acids is 1. The van der Waals surface area contributed by atoms with Crippen LogP contribution in [0.1, 0.15) is 18.9 Å². The maximum Gasteiger partial charge on any atom is 0.324 e. The molecule has 0 saturated carbocycles. The number of carbonyl (C=O) groups is 1. The van der Waals surface area contributed by atoms with E-state index in [9.17, 15) is 9.00 Å². The van der Waals surface area contributed by atoms with Crippen molar-refractivity contribution in [2.45, 2.75) is 31.1 Å². The molecule has 1 saturated heterocycles. The van der Waals surface area contributed by atoms with E-state index in [0.29, 0.717) is 13.0 Å². The Hall–Kier alpha value is -1.20. The van der Waals surface area contributed by atoms with E-state index in [1.807, 2.05) is 30.3 Å². The van der Waals surface area contributed by atoms with Gasteiger partial charge in [-0.1, -0.05) is 30.3 Å². The van der Waals surface area contributed by atoms with Crippen LogP contribution in [0.25, 0.3) is 0 Å². The van der Waals surface area contributed by atoms with Crippen molar-refractivity contribution in [3.8, 4) is 0 Å². The molecule has 98 valence electrons. The third-order valence-electron chi connectivity index (χ3n) is 2.94. The van der Waals surface area contributed by atoms with Crippen LogP contribution < -0.4 is 4.72 Å². The molecule has 2 rings (SSSR count). The zero-order chi connectivity index (χ0) is 13.0. The molecule has 5 heteroatoms. The maximum atomic E-state index is 11.9. The average molecular weight is 267 g/mol. The quantitative estimate of drug-likeness (QED) is 0.834. The summed E-state index contributed by atoms with van der Waals surface area (Å²) in [6.07, 6.45) is 1.29. The van der Waals surface area contributed by atoms with Gasteiger partial charge in [0.25, 0.3) is 0 Å². The second-order valence-electron chi connectivity index (χ2n) is 4.27. The molecule has 0 unspecified atom stereocenters. The molecule has 1 aliphatic rings. The van der Waals surface area contributed by atoms with Crippen LogP contribution in [0.2, 0.25) is 0 Å². The van der Waals surface area contributed by atoms with Crippen molar-refractivity contribution in [1.82, 2.24) is 4.72 Å². The smallest absolute Gasteiger partial charge is 0.324 e. The van der Waals surface area contributed by atoms with Gasteiger partial charge in [0.15, 0.2) is 0 Å². The second-order valence-corrected chi connectivity index (χ2v) is 5.76. The number of ether oxygens (including phenoxy) is 1. The van der Waals surface area contributed by atoms with Crippen LogP contribution in [0.4, 0.5) is 0 Å². The van der Waals surface area contributed by atoms with Gasteiger partial charge in [0, 0.05) is 0 Å². The van der Waals surface area contributed by atoms with Gasteiger partial charge in [-0.05, 0) is 25.3 Å². The number of hydrogen-bond donors (Lipinski definition) is 1. The van der Waals surface area contributed by atoms with E-state index >= 15 is 0 Å². The van der Waals surface area contributed by atoms with Crippen LogP contribution >= 0.6 is 0 Å². The lowest BCUT2D eigenvalue weighted by Gasteiger charge is -2.08. The molecule has 0 spiro atoms. The van der Waals surface area contributed by atoms with Crippen molar-refractivity contribution >= 4 is 17.0 Å². The van der Waals surface area contributed by atoms with Crippen molar-refractivity contribution in [3.05, 3.63) is 35.9 Å². The van der Waals surface area contributed by atoms with Crippen LogP contribution in [-0.4, -0.2) is 28.1 Å². The standard InChI is InChI=1S/C13H17NO3S/c1-2-17-13(15)12-9-11(18(16)14-12)8-10-6-4-3-5-7-10/h3-7,11-12,14H,2,8-9H2,1H3/t11-,12+,18-/m1/s1. The van der Waals surface area contributed by atoms with E-state index in [2.05, 4.69) is 4.72 Å². The first-order valence-corrected chi connectivity index (χ1v) is 7.29. The lowest BCUT2D eigenvalue weighted by atomic mass is 10.0. The predicted octanol–water partition coefficient (Wildman–Crippen LogP) is 1.19. The number of esters is 1. The average Bonchev–Trinajstić information content (AvgIpc) is 2.73. The normalized spacial score (nSPS) is 27.1. The third-order valence-corrected chi connectivity index (χ3v) is 4.42. The Bertz CT molecular complexity index is 435. The molecule has 1 aromatic carbocycles. The van der Waals surface area contributed by atoms with Crippen LogP contribution in [0, 0.1) is 0 Å². The third kappa shape index (κ3) is 3.17. The Morgan fingerprint density at radius 2 is 2.17 bits per heavy atom. The van der Waals surface area contributed by atoms with Crippen molar-refractivity contribution in [2.75, 3.05) is 6.61 Å². The summed E-state index contributed by atoms with van der Waals surface area (Å²) < 4.78 is 19.6. The van der Waals surface area contributed by atoms with Crippen molar-refractivity contribution in [1.29, 1.82) is 0 Å². The second kappa shape index (κ2) is 6.11. The molecule has 4 nitrogen and oxygen atoms in total. The van der Waals surface area contributed by atoms with E-state index in [0.717, 1.165) is 12.0 Å². The Morgan fingerprint density at radius 1 is 1.44 bits per heavy atom. The summed E-state index contributed by atoms with van der Waals surface area (Å²) in [7, 11) is -1.17. The molecular weight excluding hydrogens is 250 g/mol. The summed E-state index contributed by atoms with van der Waals surface area (Å²) in [5, 5.41) is -0.0261. The lowest BCUT2D eigenvalue weighted by Crippen LogP contribution is -2.32. The highest BCUT2D eigenvalue weighted by molar-refractivity contribution is 7.84. The molecule has 0 bridgehead atoms. The summed E-state index contributed by atoms with van der Waals surface area (Å²) in [5.41, 5.74) is 1.14. The van der Waals surface area contributed by atoms with Crippen LogP contribution in [-0.2, 0) is 26.9 Å². The van der Waals surface area contributed by atoms with E-state index in [1.165, 1.54) is 0 Å². The molecule has 0 aromatic heterocycles. The van der Waals surface area contributed by atoms with Crippen molar-refractivity contribution in [3.63, 3.8) is 0 Å². The van der Waals surface area contributed by atoms with Gasteiger partial charge in [-0.25, -0.2) is 8.93 Å². The van der Waals surface area contributed by atoms with E-state index in [-0.39, 0.29) is 11.2 Å². The lowest BCUT2D eigenvalue weighted by molar-refractivity contribution is -0.145. The summed E-state index contributed by atoms with van der Waals surface area (Å²) >= 11 is 0. The largest absolute Gasteiger partial charge is 0.465 e. The highest BCUT2D eigenvalue weighted by Crippen LogP contribution is 2.19. The number of benzene rings is 1. The molecular formula is C13H17NO3S. The summed E-state index contributed by atoms with van der Waals surface area (Å²) in [6.45, 7) is 2.12. The molecule has 18 heavy (non-hydrogen) atoms. The van der Waals surface area contributed by atoms with Gasteiger partial charge in [0.05, 0.1) is 22.8 Å². The number of hydrogen-bond acceptors (Lipinski definition) is 3. The molecule has 1 heterocycles. The van der Waals surface area contributed by atoms with Gasteiger partial charge in [-0.3, -0.25) is 4.79 Å². The Kier molecular flexibility index (Phi) is 4.49. The maximum absolute atomic E-state index is 11.9. The van der Waals surface area contributed by atoms with E-state index in [4.69, 9.17) is 4.74 Å². The van der Waals surface area contributed by atoms with Gasteiger partial charge < -0.3 is 4.74 Å². The highest BCUT2D eigenvalue weighted by Gasteiger charge is 2.36. The van der Waals surface area contributed by atoms with Gasteiger partial charge in [0.2, 0.25) is 0 Å². The zero-order valence-corrected chi connectivity index (χ0v) is 11.1. The van der Waals surface area contributed by atoms with Gasteiger partial charge >= 0.3 is 5.97 Å². The van der Waals surface area contributed by atoms with Crippen molar-refractivity contribution < 1.29 is 13.7 Å². The first-order valence-electron chi connectivity index (χ1n) is 6.08. The molecule has 3 atom stereocenters. The zero-order valence-electron chi connectivity index (χ0n) is 10.3. The fraction of sp³-hybridized carbons (Fsp3) is 0.462. The minimum absolute atomic E-state index is 0.0261. The fourth-order valence-electron chi connectivity index (χ4n) is 2.06. The monoisotopic (exact) mass is 267 g/mol. The molecule has 1 aliphatic heterocycles. The summed E-state index contributed by atoms with van der Waals surface area (Å²) in [6, 6.07) is 9.46. The van der Waals surface area contributed by atoms with Gasteiger partial charge in [0.1, 0.15) is 6.04 Å². The molecule has 1 fully saturated rings. The first kappa shape index (κ1) is 13.2. The minimum atomic E-state index is -1.17. The Morgan fingerprint density at radius 3 is 2.83 bits per heavy atom. The first-order chi connectivity index (χ1) is 8.70. The summed E-state index contributed by atoms with van der Waals surface area (Å²) in [4.78, 5) is 11.6. The molecule has 0 aliphatic carbocycles. The van der Waals surface area contributed by atoms with Gasteiger partial charge in [-0.2, -0.15) is 0 Å². The van der Waals surface area contributed by atoms with Gasteiger partial charge in [-0.15, -0.1) is 0 Å². The predicted molar refractivity (Wildman–Crippen MR) is 70.3 cm³/mol. The molecule has 0 radical (unpaired) electrons. The molecule has 0 amide bonds. The number of nitrogens with one attached hydrogen (secondary N) is 1. The van der Waals surface area contributed by atoms with E-state index < -0.39 is 17.0 Å². The highest BCUT2D eigenvalue weighted by atomic mass is 32.2. The van der Waals surface area contributed by atoms with Crippen LogP contribution in [0.3, 0.4) is 0 Å². The van der Waals surface area contributed by atoms with E-state index in [1.54, 1.807) is 6.92 Å². The van der Waals surface area contributed by atoms with Crippen molar-refractivity contribution in [2.24, 2.45) is 0 Å². The molecule has 1 N–H and O–H groups in total. The van der Waals surface area contributed by atoms with Crippen LogP contribution in [0.15, 0.2) is 30.3 Å². The Labute approximate surface area is 109 Å². The SMILES string of the molecule is CCOC(=O)[C@@H]1C[C@@H](Cc2ccccc2)[S@@](=O)N1.